The number of nitrogens with zero attached hydrogens (tertiary/aromatic N) is 1. The van der Waals surface area contributed by atoms with Gasteiger partial charge in [-0.2, -0.15) is 0 Å². The van der Waals surface area contributed by atoms with Crippen LogP contribution in [0, 0.1) is 0 Å². The van der Waals surface area contributed by atoms with Crippen molar-refractivity contribution >= 4 is 24.0 Å². The first-order chi connectivity index (χ1) is 9.04. The van der Waals surface area contributed by atoms with E-state index in [1.807, 2.05) is 12.1 Å². The third kappa shape index (κ3) is 4.78. The van der Waals surface area contributed by atoms with Gasteiger partial charge in [0, 0.05) is 24.8 Å². The summed E-state index contributed by atoms with van der Waals surface area (Å²) in [6.07, 6.45) is 0.983. The van der Waals surface area contributed by atoms with Crippen molar-refractivity contribution in [3.63, 3.8) is 0 Å². The maximum atomic E-state index is 11.9. The van der Waals surface area contributed by atoms with Crippen LogP contribution in [0.15, 0.2) is 24.3 Å². The predicted octanol–water partition coefficient (Wildman–Crippen LogP) is 2.20. The van der Waals surface area contributed by atoms with E-state index in [0.717, 1.165) is 25.2 Å². The lowest BCUT2D eigenvalue weighted by atomic mass is 10.0. The van der Waals surface area contributed by atoms with Crippen LogP contribution in [0.5, 0.6) is 0 Å². The Morgan fingerprint density at radius 3 is 2.55 bits per heavy atom. The van der Waals surface area contributed by atoms with Gasteiger partial charge >= 0.3 is 0 Å². The van der Waals surface area contributed by atoms with Crippen LogP contribution in [-0.4, -0.2) is 36.5 Å². The Hall–Kier alpha value is -1.10. The van der Waals surface area contributed by atoms with E-state index in [1.54, 1.807) is 0 Å². The molecule has 1 aromatic carbocycles. The van der Waals surface area contributed by atoms with Crippen molar-refractivity contribution in [2.24, 2.45) is 5.73 Å². The molecule has 3 N–H and O–H groups in total. The average Bonchev–Trinajstić information content (AvgIpc) is 2.75. The zero-order valence-electron chi connectivity index (χ0n) is 12.1. The number of nitrogens with two attached hydrogens (primary N) is 1. The molecule has 1 aliphatic heterocycles. The van der Waals surface area contributed by atoms with Crippen LogP contribution in [0.2, 0.25) is 0 Å². The minimum atomic E-state index is 0. The van der Waals surface area contributed by atoms with Gasteiger partial charge in [0.1, 0.15) is 0 Å². The molecule has 0 bridgehead atoms. The first-order valence-corrected chi connectivity index (χ1v) is 6.92. The third-order valence-electron chi connectivity index (χ3n) is 3.54. The highest BCUT2D eigenvalue weighted by Gasteiger charge is 2.20. The molecule has 0 spiro atoms. The third-order valence-corrected chi connectivity index (χ3v) is 3.54. The molecule has 1 amide bonds. The Labute approximate surface area is 127 Å². The maximum absolute atomic E-state index is 11.9. The molecule has 0 aromatic heterocycles. The summed E-state index contributed by atoms with van der Waals surface area (Å²) in [5, 5.41) is 2.93. The van der Waals surface area contributed by atoms with Crippen LogP contribution in [0.3, 0.4) is 0 Å². The van der Waals surface area contributed by atoms with Crippen LogP contribution in [0.25, 0.3) is 0 Å². The molecule has 1 fully saturated rings. The highest BCUT2D eigenvalue weighted by molar-refractivity contribution is 5.92. The van der Waals surface area contributed by atoms with Gasteiger partial charge in [-0.3, -0.25) is 9.69 Å². The van der Waals surface area contributed by atoms with Crippen LogP contribution in [-0.2, 0) is 4.79 Å². The lowest BCUT2D eigenvalue weighted by Gasteiger charge is -2.15. The highest BCUT2D eigenvalue weighted by atomic mass is 35.5. The first-order valence-electron chi connectivity index (χ1n) is 6.92. The summed E-state index contributed by atoms with van der Waals surface area (Å²) >= 11 is 0. The molecule has 1 aliphatic rings. The molecule has 2 rings (SSSR count). The average molecular weight is 298 g/mol. The smallest absolute Gasteiger partial charge is 0.238 e. The molecule has 0 saturated carbocycles. The van der Waals surface area contributed by atoms with E-state index in [-0.39, 0.29) is 24.4 Å². The first kappa shape index (κ1) is 17.0. The van der Waals surface area contributed by atoms with Crippen LogP contribution in [0.4, 0.5) is 5.69 Å². The SMILES string of the molecule is CC(C)c1ccc(NC(=O)CN2CC[C@@H](N)C2)cc1.Cl. The zero-order valence-corrected chi connectivity index (χ0v) is 13.0. The largest absolute Gasteiger partial charge is 0.326 e. The molecule has 4 nitrogen and oxygen atoms in total. The summed E-state index contributed by atoms with van der Waals surface area (Å²) in [5.41, 5.74) is 7.97. The second kappa shape index (κ2) is 7.62. The fourth-order valence-electron chi connectivity index (χ4n) is 2.36. The van der Waals surface area contributed by atoms with E-state index in [2.05, 4.69) is 36.2 Å². The Kier molecular flexibility index (Phi) is 6.46. The molecule has 1 heterocycles. The van der Waals surface area contributed by atoms with E-state index >= 15 is 0 Å². The van der Waals surface area contributed by atoms with E-state index in [1.165, 1.54) is 5.56 Å². The standard InChI is InChI=1S/C15H23N3O.ClH/c1-11(2)12-3-5-14(6-4-12)17-15(19)10-18-8-7-13(16)9-18;/h3-6,11,13H,7-10,16H2,1-2H3,(H,17,19);1H/t13-;/m1./s1. The number of amides is 1. The van der Waals surface area contributed by atoms with Crippen molar-refractivity contribution in [2.75, 3.05) is 25.0 Å². The van der Waals surface area contributed by atoms with Gasteiger partial charge in [0.15, 0.2) is 0 Å². The van der Waals surface area contributed by atoms with Crippen molar-refractivity contribution in [3.8, 4) is 0 Å². The van der Waals surface area contributed by atoms with E-state index in [9.17, 15) is 4.79 Å². The molecule has 20 heavy (non-hydrogen) atoms. The Balaban J connectivity index is 0.00000200. The van der Waals surface area contributed by atoms with Crippen molar-refractivity contribution in [1.29, 1.82) is 0 Å². The van der Waals surface area contributed by atoms with Crippen LogP contribution < -0.4 is 11.1 Å². The number of carbonyl (C=O) groups excluding carboxylic acids is 1. The maximum Gasteiger partial charge on any atom is 0.238 e. The molecule has 112 valence electrons. The fourth-order valence-corrected chi connectivity index (χ4v) is 2.36. The Morgan fingerprint density at radius 1 is 1.40 bits per heavy atom. The summed E-state index contributed by atoms with van der Waals surface area (Å²) in [4.78, 5) is 14.0. The topological polar surface area (TPSA) is 58.4 Å². The molecule has 0 unspecified atom stereocenters. The zero-order chi connectivity index (χ0) is 13.8. The molecule has 0 radical (unpaired) electrons. The number of anilines is 1. The number of rotatable bonds is 4. The van der Waals surface area contributed by atoms with Gasteiger partial charge in [0.2, 0.25) is 5.91 Å². The number of hydrogen-bond acceptors (Lipinski definition) is 3. The van der Waals surface area contributed by atoms with Crippen molar-refractivity contribution in [1.82, 2.24) is 4.90 Å². The van der Waals surface area contributed by atoms with Gasteiger partial charge in [-0.05, 0) is 30.0 Å². The highest BCUT2D eigenvalue weighted by Crippen LogP contribution is 2.17. The van der Waals surface area contributed by atoms with Gasteiger partial charge in [-0.1, -0.05) is 26.0 Å². The molecular formula is C15H24ClN3O. The van der Waals surface area contributed by atoms with Gasteiger partial charge in [0.25, 0.3) is 0 Å². The molecular weight excluding hydrogens is 274 g/mol. The normalized spacial score (nSPS) is 18.9. The molecule has 1 aromatic rings. The van der Waals surface area contributed by atoms with Crippen molar-refractivity contribution in [2.45, 2.75) is 32.2 Å². The molecule has 5 heteroatoms. The summed E-state index contributed by atoms with van der Waals surface area (Å²) < 4.78 is 0. The van der Waals surface area contributed by atoms with Crippen molar-refractivity contribution < 1.29 is 4.79 Å². The van der Waals surface area contributed by atoms with Gasteiger partial charge in [0.05, 0.1) is 6.54 Å². The number of likely N-dealkylation sites (tertiary alicyclic amines) is 1. The second-order valence-corrected chi connectivity index (χ2v) is 5.61. The summed E-state index contributed by atoms with van der Waals surface area (Å²) in [6.45, 7) is 6.48. The number of halogens is 1. The van der Waals surface area contributed by atoms with E-state index < -0.39 is 0 Å². The van der Waals surface area contributed by atoms with Crippen molar-refractivity contribution in [3.05, 3.63) is 29.8 Å². The van der Waals surface area contributed by atoms with E-state index in [4.69, 9.17) is 5.73 Å². The molecule has 0 aliphatic carbocycles. The summed E-state index contributed by atoms with van der Waals surface area (Å²) in [5.74, 6) is 0.544. The number of carbonyl (C=O) groups is 1. The predicted molar refractivity (Wildman–Crippen MR) is 85.4 cm³/mol. The minimum Gasteiger partial charge on any atom is -0.326 e. The minimum absolute atomic E-state index is 0. The van der Waals surface area contributed by atoms with Gasteiger partial charge in [-0.25, -0.2) is 0 Å². The summed E-state index contributed by atoms with van der Waals surface area (Å²) in [6, 6.07) is 8.27. The number of benzene rings is 1. The quantitative estimate of drug-likeness (QED) is 0.896. The Bertz CT molecular complexity index is 433. The fraction of sp³-hybridized carbons (Fsp3) is 0.533. The van der Waals surface area contributed by atoms with Gasteiger partial charge < -0.3 is 11.1 Å². The van der Waals surface area contributed by atoms with Crippen LogP contribution >= 0.6 is 12.4 Å². The van der Waals surface area contributed by atoms with Gasteiger partial charge in [-0.15, -0.1) is 12.4 Å². The summed E-state index contributed by atoms with van der Waals surface area (Å²) in [7, 11) is 0. The lowest BCUT2D eigenvalue weighted by Crippen LogP contribution is -2.33. The second-order valence-electron chi connectivity index (χ2n) is 5.61. The molecule has 1 atom stereocenters. The van der Waals surface area contributed by atoms with E-state index in [0.29, 0.717) is 12.5 Å². The number of nitrogens with one attached hydrogen (secondary N) is 1. The Morgan fingerprint density at radius 2 is 2.05 bits per heavy atom. The van der Waals surface area contributed by atoms with Crippen LogP contribution in [0.1, 0.15) is 31.7 Å². The number of hydrogen-bond donors (Lipinski definition) is 2. The monoisotopic (exact) mass is 297 g/mol. The lowest BCUT2D eigenvalue weighted by molar-refractivity contribution is -0.117. The molecule has 1 saturated heterocycles.